The Balaban J connectivity index is 1.25. The van der Waals surface area contributed by atoms with E-state index in [2.05, 4.69) is 141 Å². The van der Waals surface area contributed by atoms with Gasteiger partial charge < -0.3 is 0 Å². The summed E-state index contributed by atoms with van der Waals surface area (Å²) in [5.41, 5.74) is 14.7. The number of benzene rings is 5. The number of nitrogens with zero attached hydrogens (tertiary/aromatic N) is 2. The van der Waals surface area contributed by atoms with Crippen molar-refractivity contribution in [3.8, 4) is 33.9 Å². The van der Waals surface area contributed by atoms with E-state index in [-0.39, 0.29) is 5.41 Å². The van der Waals surface area contributed by atoms with Crippen LogP contribution in [-0.2, 0) is 5.41 Å². The lowest BCUT2D eigenvalue weighted by Crippen LogP contribution is -2.22. The van der Waals surface area contributed by atoms with Crippen LogP contribution in [0.2, 0.25) is 0 Å². The first-order valence-corrected chi connectivity index (χ1v) is 16.5. The average molecular weight is 603 g/mol. The molecule has 0 N–H and O–H groups in total. The molecule has 0 spiro atoms. The number of allylic oxidation sites excluding steroid dienone is 8. The topological polar surface area (TPSA) is 25.8 Å². The Morgan fingerprint density at radius 3 is 2.06 bits per heavy atom. The number of fused-ring (bicyclic) bond motifs is 5. The average Bonchev–Trinajstić information content (AvgIpc) is 3.38. The van der Waals surface area contributed by atoms with Crippen LogP contribution in [0.4, 0.5) is 0 Å². The third kappa shape index (κ3) is 4.55. The summed E-state index contributed by atoms with van der Waals surface area (Å²) in [6.07, 6.45) is 10.2. The molecule has 0 amide bonds. The first-order valence-electron chi connectivity index (χ1n) is 16.5. The number of hydrogen-bond donors (Lipinski definition) is 0. The van der Waals surface area contributed by atoms with Crippen molar-refractivity contribution in [1.82, 2.24) is 9.97 Å². The summed E-state index contributed by atoms with van der Waals surface area (Å²) in [5, 5.41) is 2.56. The maximum atomic E-state index is 5.16. The van der Waals surface area contributed by atoms with Gasteiger partial charge in [-0.1, -0.05) is 147 Å². The molecule has 2 heteroatoms. The van der Waals surface area contributed by atoms with E-state index in [0.29, 0.717) is 5.92 Å². The van der Waals surface area contributed by atoms with E-state index < -0.39 is 0 Å². The van der Waals surface area contributed by atoms with Gasteiger partial charge in [-0.3, -0.25) is 0 Å². The largest absolute Gasteiger partial charge is 0.228 e. The maximum absolute atomic E-state index is 5.16. The van der Waals surface area contributed by atoms with Gasteiger partial charge in [0.05, 0.1) is 11.4 Å². The van der Waals surface area contributed by atoms with Crippen molar-refractivity contribution < 1.29 is 0 Å². The Kier molecular flexibility index (Phi) is 6.33. The van der Waals surface area contributed by atoms with Gasteiger partial charge in [0.1, 0.15) is 0 Å². The lowest BCUT2D eigenvalue weighted by atomic mass is 9.70. The maximum Gasteiger partial charge on any atom is 0.160 e. The van der Waals surface area contributed by atoms with Crippen LogP contribution in [0, 0.1) is 5.92 Å². The SMILES string of the molecule is CC1(C)C2=C3C=CC=CC3CC(c3ccc4ccccc4c3)=C2c2ccc(-c3cc(-c4ccccc4)nc(-c4ccccc4)n3)cc21. The molecule has 6 aromatic rings. The Hall–Kier alpha value is -5.60. The van der Waals surface area contributed by atoms with Gasteiger partial charge >= 0.3 is 0 Å². The Labute approximate surface area is 276 Å². The third-order valence-electron chi connectivity index (χ3n) is 10.2. The van der Waals surface area contributed by atoms with Crippen molar-refractivity contribution in [3.63, 3.8) is 0 Å². The minimum atomic E-state index is -0.177. The highest BCUT2D eigenvalue weighted by Crippen LogP contribution is 2.59. The fourth-order valence-electron chi connectivity index (χ4n) is 7.90. The molecule has 1 aromatic heterocycles. The molecular formula is C45H34N2. The Morgan fingerprint density at radius 2 is 1.28 bits per heavy atom. The van der Waals surface area contributed by atoms with Crippen molar-refractivity contribution in [3.05, 3.63) is 180 Å². The van der Waals surface area contributed by atoms with Gasteiger partial charge in [0, 0.05) is 28.0 Å². The zero-order chi connectivity index (χ0) is 31.5. The monoisotopic (exact) mass is 602 g/mol. The molecule has 0 fully saturated rings. The summed E-state index contributed by atoms with van der Waals surface area (Å²) in [6, 6.07) is 45.6. The van der Waals surface area contributed by atoms with E-state index in [9.17, 15) is 0 Å². The van der Waals surface area contributed by atoms with E-state index in [1.807, 2.05) is 24.3 Å². The summed E-state index contributed by atoms with van der Waals surface area (Å²) in [4.78, 5) is 10.2. The molecule has 9 rings (SSSR count). The van der Waals surface area contributed by atoms with Gasteiger partial charge in [-0.25, -0.2) is 9.97 Å². The number of aromatic nitrogens is 2. The molecule has 0 aliphatic heterocycles. The molecule has 0 radical (unpaired) electrons. The smallest absolute Gasteiger partial charge is 0.160 e. The zero-order valence-electron chi connectivity index (χ0n) is 26.6. The molecule has 1 atom stereocenters. The van der Waals surface area contributed by atoms with Crippen LogP contribution in [0.5, 0.6) is 0 Å². The normalized spacial score (nSPS) is 17.5. The molecule has 0 saturated heterocycles. The van der Waals surface area contributed by atoms with E-state index in [1.54, 1.807) is 0 Å². The molecule has 224 valence electrons. The van der Waals surface area contributed by atoms with E-state index >= 15 is 0 Å². The second-order valence-electron chi connectivity index (χ2n) is 13.4. The predicted octanol–water partition coefficient (Wildman–Crippen LogP) is 11.3. The van der Waals surface area contributed by atoms with Crippen LogP contribution in [0.1, 0.15) is 37.0 Å². The molecule has 3 aliphatic carbocycles. The molecule has 1 heterocycles. The number of rotatable bonds is 4. The second-order valence-corrected chi connectivity index (χ2v) is 13.4. The van der Waals surface area contributed by atoms with E-state index in [0.717, 1.165) is 40.3 Å². The Morgan fingerprint density at radius 1 is 0.596 bits per heavy atom. The predicted molar refractivity (Wildman–Crippen MR) is 196 cm³/mol. The summed E-state index contributed by atoms with van der Waals surface area (Å²) < 4.78 is 0. The Bertz CT molecular complexity index is 2280. The van der Waals surface area contributed by atoms with E-state index in [4.69, 9.17) is 9.97 Å². The van der Waals surface area contributed by atoms with Gasteiger partial charge in [0.2, 0.25) is 0 Å². The van der Waals surface area contributed by atoms with Crippen molar-refractivity contribution in [2.45, 2.75) is 25.7 Å². The molecule has 1 unspecified atom stereocenters. The standard InChI is InChI=1S/C45H34N2/c1-45(2)39-27-35(41-28-40(30-14-5-3-6-15-30)46-44(47-41)31-16-7-4-8-17-31)23-24-37(39)42-38(26-33-19-11-12-20-36(33)43(42)45)34-22-21-29-13-9-10-18-32(29)25-34/h3-25,27-28,33H,26H2,1-2H3. The van der Waals surface area contributed by atoms with Crippen LogP contribution in [-0.4, -0.2) is 9.97 Å². The van der Waals surface area contributed by atoms with Gasteiger partial charge in [0.15, 0.2) is 5.82 Å². The number of hydrogen-bond acceptors (Lipinski definition) is 2. The van der Waals surface area contributed by atoms with Crippen LogP contribution in [0.15, 0.2) is 163 Å². The van der Waals surface area contributed by atoms with Crippen LogP contribution in [0.25, 0.3) is 55.8 Å². The van der Waals surface area contributed by atoms with Gasteiger partial charge in [-0.15, -0.1) is 0 Å². The zero-order valence-corrected chi connectivity index (χ0v) is 26.6. The van der Waals surface area contributed by atoms with E-state index in [1.165, 1.54) is 49.8 Å². The van der Waals surface area contributed by atoms with Crippen LogP contribution in [0.3, 0.4) is 0 Å². The minimum Gasteiger partial charge on any atom is -0.228 e. The summed E-state index contributed by atoms with van der Waals surface area (Å²) in [6.45, 7) is 4.81. The highest BCUT2D eigenvalue weighted by molar-refractivity contribution is 6.07. The van der Waals surface area contributed by atoms with Crippen molar-refractivity contribution in [1.29, 1.82) is 0 Å². The first-order chi connectivity index (χ1) is 23.0. The third-order valence-corrected chi connectivity index (χ3v) is 10.2. The fourth-order valence-corrected chi connectivity index (χ4v) is 7.90. The van der Waals surface area contributed by atoms with Crippen LogP contribution >= 0.6 is 0 Å². The molecule has 0 bridgehead atoms. The van der Waals surface area contributed by atoms with Gasteiger partial charge in [-0.05, 0) is 74.4 Å². The molecule has 47 heavy (non-hydrogen) atoms. The summed E-state index contributed by atoms with van der Waals surface area (Å²) in [5.74, 6) is 1.11. The second kappa shape index (κ2) is 10.7. The van der Waals surface area contributed by atoms with Crippen molar-refractivity contribution in [2.24, 2.45) is 5.92 Å². The van der Waals surface area contributed by atoms with Gasteiger partial charge in [0.25, 0.3) is 0 Å². The molecule has 2 nitrogen and oxygen atoms in total. The quantitative estimate of drug-likeness (QED) is 0.201. The lowest BCUT2D eigenvalue weighted by molar-refractivity contribution is 0.635. The fraction of sp³-hybridized carbons (Fsp3) is 0.111. The molecule has 0 saturated carbocycles. The molecular weight excluding hydrogens is 569 g/mol. The van der Waals surface area contributed by atoms with Crippen molar-refractivity contribution >= 4 is 21.9 Å². The van der Waals surface area contributed by atoms with Crippen LogP contribution < -0.4 is 0 Å². The first kappa shape index (κ1) is 27.7. The van der Waals surface area contributed by atoms with Gasteiger partial charge in [-0.2, -0.15) is 0 Å². The molecule has 5 aromatic carbocycles. The lowest BCUT2D eigenvalue weighted by Gasteiger charge is -2.34. The highest BCUT2D eigenvalue weighted by atomic mass is 14.9. The summed E-state index contributed by atoms with van der Waals surface area (Å²) in [7, 11) is 0. The molecule has 3 aliphatic rings. The highest BCUT2D eigenvalue weighted by Gasteiger charge is 2.44. The van der Waals surface area contributed by atoms with Crippen molar-refractivity contribution in [2.75, 3.05) is 0 Å². The summed E-state index contributed by atoms with van der Waals surface area (Å²) >= 11 is 0. The minimum absolute atomic E-state index is 0.177.